The Kier molecular flexibility index (Phi) is 7.04. The van der Waals surface area contributed by atoms with E-state index in [1.54, 1.807) is 4.90 Å². The van der Waals surface area contributed by atoms with Crippen LogP contribution in [0.3, 0.4) is 0 Å². The van der Waals surface area contributed by atoms with Crippen molar-refractivity contribution in [3.05, 3.63) is 76.0 Å². The molecule has 4 rings (SSSR count). The van der Waals surface area contributed by atoms with Crippen molar-refractivity contribution >= 4 is 29.3 Å². The van der Waals surface area contributed by atoms with E-state index in [2.05, 4.69) is 15.4 Å². The number of likely N-dealkylation sites (tertiary alicyclic amines) is 1. The SMILES string of the molecule is O=C(OC(Cn1ncnn1)c1ccccc1)N1CCC(Cc2ccc(Cl)c(Cl)c2)CC1. The van der Waals surface area contributed by atoms with Gasteiger partial charge in [-0.25, -0.2) is 4.79 Å². The van der Waals surface area contributed by atoms with E-state index in [0.717, 1.165) is 24.8 Å². The summed E-state index contributed by atoms with van der Waals surface area (Å²) >= 11 is 12.1. The van der Waals surface area contributed by atoms with Gasteiger partial charge in [-0.15, -0.1) is 10.2 Å². The number of piperidine rings is 1. The third kappa shape index (κ3) is 5.74. The van der Waals surface area contributed by atoms with Gasteiger partial charge in [0, 0.05) is 13.1 Å². The van der Waals surface area contributed by atoms with Crippen molar-refractivity contribution in [2.45, 2.75) is 31.9 Å². The minimum Gasteiger partial charge on any atom is -0.439 e. The highest BCUT2D eigenvalue weighted by Crippen LogP contribution is 2.28. The fourth-order valence-electron chi connectivity index (χ4n) is 3.81. The highest BCUT2D eigenvalue weighted by atomic mass is 35.5. The summed E-state index contributed by atoms with van der Waals surface area (Å²) in [5.41, 5.74) is 2.06. The third-order valence-electron chi connectivity index (χ3n) is 5.52. The van der Waals surface area contributed by atoms with Crippen LogP contribution in [0.5, 0.6) is 0 Å². The predicted octanol–water partition coefficient (Wildman–Crippen LogP) is 4.81. The van der Waals surface area contributed by atoms with E-state index in [0.29, 0.717) is 35.6 Å². The van der Waals surface area contributed by atoms with Gasteiger partial charge in [-0.05, 0) is 53.7 Å². The van der Waals surface area contributed by atoms with Crippen molar-refractivity contribution in [3.63, 3.8) is 0 Å². The van der Waals surface area contributed by atoms with Gasteiger partial charge in [0.15, 0.2) is 12.4 Å². The molecule has 2 heterocycles. The van der Waals surface area contributed by atoms with Gasteiger partial charge in [0.2, 0.25) is 0 Å². The van der Waals surface area contributed by atoms with Gasteiger partial charge >= 0.3 is 6.09 Å². The first kappa shape index (κ1) is 21.6. The van der Waals surface area contributed by atoms with Gasteiger partial charge < -0.3 is 9.64 Å². The van der Waals surface area contributed by atoms with Crippen LogP contribution in [0.15, 0.2) is 54.9 Å². The maximum absolute atomic E-state index is 12.9. The first-order chi connectivity index (χ1) is 15.1. The summed E-state index contributed by atoms with van der Waals surface area (Å²) < 4.78 is 5.86. The molecule has 162 valence electrons. The Bertz CT molecular complexity index is 992. The summed E-state index contributed by atoms with van der Waals surface area (Å²) in [5, 5.41) is 12.8. The number of aromatic nitrogens is 4. The zero-order valence-electron chi connectivity index (χ0n) is 16.9. The fourth-order valence-corrected chi connectivity index (χ4v) is 4.14. The minimum atomic E-state index is -0.489. The molecule has 1 aliphatic rings. The lowest BCUT2D eigenvalue weighted by atomic mass is 9.90. The number of benzene rings is 2. The van der Waals surface area contributed by atoms with E-state index in [1.165, 1.54) is 16.7 Å². The number of carbonyl (C=O) groups is 1. The molecule has 9 heteroatoms. The topological polar surface area (TPSA) is 73.1 Å². The predicted molar refractivity (Wildman–Crippen MR) is 118 cm³/mol. The van der Waals surface area contributed by atoms with Crippen molar-refractivity contribution in [2.75, 3.05) is 13.1 Å². The number of hydrogen-bond acceptors (Lipinski definition) is 5. The second-order valence-electron chi connectivity index (χ2n) is 7.66. The second kappa shape index (κ2) is 10.1. The van der Waals surface area contributed by atoms with Crippen LogP contribution < -0.4 is 0 Å². The molecule has 1 atom stereocenters. The van der Waals surface area contributed by atoms with Gasteiger partial charge in [-0.2, -0.15) is 4.80 Å². The first-order valence-corrected chi connectivity index (χ1v) is 11.0. The molecule has 1 fully saturated rings. The number of halogens is 2. The number of tetrazole rings is 1. The summed E-state index contributed by atoms with van der Waals surface area (Å²) in [6.07, 6.45) is 3.30. The Morgan fingerprint density at radius 2 is 1.87 bits per heavy atom. The molecule has 0 aliphatic carbocycles. The average Bonchev–Trinajstić information content (AvgIpc) is 3.30. The van der Waals surface area contributed by atoms with Crippen LogP contribution >= 0.6 is 23.2 Å². The molecule has 1 saturated heterocycles. The molecule has 31 heavy (non-hydrogen) atoms. The van der Waals surface area contributed by atoms with Gasteiger partial charge in [0.25, 0.3) is 0 Å². The van der Waals surface area contributed by atoms with E-state index in [1.807, 2.05) is 48.5 Å². The molecule has 0 spiro atoms. The summed E-state index contributed by atoms with van der Waals surface area (Å²) in [7, 11) is 0. The number of hydrogen-bond donors (Lipinski definition) is 0. The van der Waals surface area contributed by atoms with Crippen LogP contribution in [0, 0.1) is 5.92 Å². The molecule has 0 bridgehead atoms. The molecule has 0 radical (unpaired) electrons. The van der Waals surface area contributed by atoms with Crippen LogP contribution in [0.4, 0.5) is 4.79 Å². The quantitative estimate of drug-likeness (QED) is 0.528. The maximum atomic E-state index is 12.9. The van der Waals surface area contributed by atoms with Crippen LogP contribution in [-0.4, -0.2) is 44.3 Å². The van der Waals surface area contributed by atoms with Crippen molar-refractivity contribution < 1.29 is 9.53 Å². The Balaban J connectivity index is 1.34. The lowest BCUT2D eigenvalue weighted by Gasteiger charge is -2.32. The number of nitrogens with zero attached hydrogens (tertiary/aromatic N) is 5. The zero-order valence-corrected chi connectivity index (χ0v) is 18.4. The Morgan fingerprint density at radius 1 is 1.10 bits per heavy atom. The fraction of sp³-hybridized carbons (Fsp3) is 0.364. The molecule has 1 amide bonds. The summed E-state index contributed by atoms with van der Waals surface area (Å²) in [4.78, 5) is 16.1. The van der Waals surface area contributed by atoms with E-state index >= 15 is 0 Å². The lowest BCUT2D eigenvalue weighted by Crippen LogP contribution is -2.40. The number of rotatable bonds is 6. The third-order valence-corrected chi connectivity index (χ3v) is 6.26. The normalized spacial score (nSPS) is 15.6. The molecule has 3 aromatic rings. The first-order valence-electron chi connectivity index (χ1n) is 10.2. The van der Waals surface area contributed by atoms with E-state index in [4.69, 9.17) is 27.9 Å². The van der Waals surface area contributed by atoms with Gasteiger partial charge in [-0.1, -0.05) is 59.6 Å². The molecule has 0 saturated carbocycles. The second-order valence-corrected chi connectivity index (χ2v) is 8.47. The molecule has 1 aliphatic heterocycles. The molecule has 1 unspecified atom stereocenters. The molecule has 7 nitrogen and oxygen atoms in total. The highest BCUT2D eigenvalue weighted by Gasteiger charge is 2.27. The van der Waals surface area contributed by atoms with Crippen LogP contribution in [-0.2, 0) is 17.7 Å². The van der Waals surface area contributed by atoms with E-state index in [9.17, 15) is 4.79 Å². The van der Waals surface area contributed by atoms with Crippen molar-refractivity contribution in [3.8, 4) is 0 Å². The number of ether oxygens (including phenoxy) is 1. The van der Waals surface area contributed by atoms with Gasteiger partial charge in [-0.3, -0.25) is 0 Å². The highest BCUT2D eigenvalue weighted by molar-refractivity contribution is 6.42. The largest absolute Gasteiger partial charge is 0.439 e. The Morgan fingerprint density at radius 3 is 2.55 bits per heavy atom. The van der Waals surface area contributed by atoms with Gasteiger partial charge in [0.05, 0.1) is 10.0 Å². The van der Waals surface area contributed by atoms with Crippen molar-refractivity contribution in [1.29, 1.82) is 0 Å². The number of carbonyl (C=O) groups excluding carboxylic acids is 1. The Labute approximate surface area is 190 Å². The lowest BCUT2D eigenvalue weighted by molar-refractivity contribution is 0.0420. The van der Waals surface area contributed by atoms with Crippen molar-refractivity contribution in [2.24, 2.45) is 5.92 Å². The number of amides is 1. The molecule has 1 aromatic heterocycles. The Hall–Kier alpha value is -2.64. The molecule has 0 N–H and O–H groups in total. The molecular formula is C22H23Cl2N5O2. The minimum absolute atomic E-state index is 0.309. The van der Waals surface area contributed by atoms with Crippen LogP contribution in [0.1, 0.15) is 30.1 Å². The monoisotopic (exact) mass is 459 g/mol. The standard InChI is InChI=1S/C22H23Cl2N5O2/c23-19-7-6-17(13-20(19)24)12-16-8-10-28(11-9-16)22(30)31-21(14-29-26-15-25-27-29)18-4-2-1-3-5-18/h1-7,13,15-16,21H,8-12,14H2. The summed E-state index contributed by atoms with van der Waals surface area (Å²) in [6, 6.07) is 15.4. The summed E-state index contributed by atoms with van der Waals surface area (Å²) in [5.74, 6) is 0.491. The van der Waals surface area contributed by atoms with E-state index < -0.39 is 6.10 Å². The zero-order chi connectivity index (χ0) is 21.6. The van der Waals surface area contributed by atoms with Crippen LogP contribution in [0.25, 0.3) is 0 Å². The smallest absolute Gasteiger partial charge is 0.410 e. The average molecular weight is 460 g/mol. The van der Waals surface area contributed by atoms with Crippen LogP contribution in [0.2, 0.25) is 10.0 Å². The maximum Gasteiger partial charge on any atom is 0.410 e. The molecular weight excluding hydrogens is 437 g/mol. The van der Waals surface area contributed by atoms with Gasteiger partial charge in [0.1, 0.15) is 6.54 Å². The van der Waals surface area contributed by atoms with E-state index in [-0.39, 0.29) is 6.09 Å². The summed E-state index contributed by atoms with van der Waals surface area (Å²) in [6.45, 7) is 1.63. The van der Waals surface area contributed by atoms with Crippen molar-refractivity contribution in [1.82, 2.24) is 25.1 Å². The molecule has 2 aromatic carbocycles.